The van der Waals surface area contributed by atoms with Gasteiger partial charge in [-0.3, -0.25) is 0 Å². The van der Waals surface area contributed by atoms with Crippen molar-refractivity contribution in [2.45, 2.75) is 120 Å². The molecule has 0 aromatic rings. The fourth-order valence-electron chi connectivity index (χ4n) is 0. The number of hydrogen-bond acceptors (Lipinski definition) is 6. The Kier molecular flexibility index (Phi) is 87.7. The summed E-state index contributed by atoms with van der Waals surface area (Å²) in [4.78, 5) is 0. The van der Waals surface area contributed by atoms with Crippen LogP contribution in [0.25, 0.3) is 0 Å². The zero-order valence-corrected chi connectivity index (χ0v) is 22.6. The topological polar surface area (TPSA) is 138 Å². The molecule has 0 heterocycles. The van der Waals surface area contributed by atoms with Crippen LogP contribution in [-0.2, 0) is 22.4 Å². The number of rotatable bonds is 0. The van der Waals surface area contributed by atoms with E-state index in [0.717, 1.165) is 0 Å². The van der Waals surface area contributed by atoms with E-state index in [1.807, 2.05) is 0 Å². The molecule has 156 valence electrons. The van der Waals surface area contributed by atoms with Gasteiger partial charge in [0.2, 0.25) is 0 Å². The van der Waals surface area contributed by atoms with Gasteiger partial charge in [-0.1, -0.05) is 83.1 Å². The van der Waals surface area contributed by atoms with Crippen molar-refractivity contribution in [1.29, 1.82) is 0 Å². The summed E-state index contributed by atoms with van der Waals surface area (Å²) in [6.07, 6.45) is -2.50. The molecular weight excluding hydrogens is 500 g/mol. The Morgan fingerprint density at radius 1 is 0.308 bits per heavy atom. The SMILES string of the molecule is CC(C)[O-].CC(C)[O-].CC(C)[O-].CC(C)[O-].CC(C)[O-].CC(C)[O-].[Li+].[Ta+5]. The van der Waals surface area contributed by atoms with Crippen LogP contribution in [0.1, 0.15) is 83.1 Å². The molecule has 0 aliphatic heterocycles. The molecular formula is C18H42LiO6Ta. The third kappa shape index (κ3) is 12100. The van der Waals surface area contributed by atoms with Gasteiger partial charge in [0.05, 0.1) is 0 Å². The van der Waals surface area contributed by atoms with Crippen molar-refractivity contribution in [3.05, 3.63) is 0 Å². The summed E-state index contributed by atoms with van der Waals surface area (Å²) >= 11 is 0. The van der Waals surface area contributed by atoms with Crippen molar-refractivity contribution in [2.24, 2.45) is 0 Å². The van der Waals surface area contributed by atoms with Crippen LogP contribution in [0.15, 0.2) is 0 Å². The van der Waals surface area contributed by atoms with E-state index in [9.17, 15) is 30.6 Å². The Balaban J connectivity index is -0.0000000245. The summed E-state index contributed by atoms with van der Waals surface area (Å²) in [5.41, 5.74) is 0. The van der Waals surface area contributed by atoms with Gasteiger partial charge in [0.1, 0.15) is 0 Å². The van der Waals surface area contributed by atoms with Gasteiger partial charge in [0.25, 0.3) is 0 Å². The first kappa shape index (κ1) is 50.6. The fraction of sp³-hybridized carbons (Fsp3) is 1.00. The molecule has 0 aliphatic carbocycles. The van der Waals surface area contributed by atoms with E-state index in [0.29, 0.717) is 0 Å². The molecule has 0 saturated heterocycles. The quantitative estimate of drug-likeness (QED) is 0.283. The largest absolute Gasteiger partial charge is 5.00 e. The summed E-state index contributed by atoms with van der Waals surface area (Å²) in [7, 11) is 0. The third-order valence-corrected chi connectivity index (χ3v) is 0. The second kappa shape index (κ2) is 45.1. The average Bonchev–Trinajstić information content (AvgIpc) is 2.08. The van der Waals surface area contributed by atoms with Crippen molar-refractivity contribution >= 4 is 0 Å². The van der Waals surface area contributed by atoms with Gasteiger partial charge >= 0.3 is 41.2 Å². The third-order valence-electron chi connectivity index (χ3n) is 0. The molecule has 0 aromatic carbocycles. The normalized spacial score (nSPS) is 8.31. The fourth-order valence-corrected chi connectivity index (χ4v) is 0. The first-order valence-electron chi connectivity index (χ1n) is 8.34. The predicted molar refractivity (Wildman–Crippen MR) is 90.8 cm³/mol. The maximum absolute atomic E-state index is 9.53. The Labute approximate surface area is 191 Å². The molecule has 0 aliphatic rings. The van der Waals surface area contributed by atoms with Crippen LogP contribution in [0.4, 0.5) is 0 Å². The van der Waals surface area contributed by atoms with E-state index < -0.39 is 36.6 Å². The second-order valence-electron chi connectivity index (χ2n) is 6.29. The minimum absolute atomic E-state index is 0. The maximum atomic E-state index is 9.53. The molecule has 0 unspecified atom stereocenters. The van der Waals surface area contributed by atoms with Crippen molar-refractivity contribution in [2.75, 3.05) is 0 Å². The molecule has 0 rings (SSSR count). The van der Waals surface area contributed by atoms with Crippen LogP contribution in [0.2, 0.25) is 0 Å². The molecule has 0 N–H and O–H groups in total. The minimum Gasteiger partial charge on any atom is -0.852 e. The van der Waals surface area contributed by atoms with Crippen molar-refractivity contribution in [3.63, 3.8) is 0 Å². The van der Waals surface area contributed by atoms with Crippen LogP contribution in [0, 0.1) is 0 Å². The molecule has 26 heavy (non-hydrogen) atoms. The molecule has 0 atom stereocenters. The average molecular weight is 542 g/mol. The van der Waals surface area contributed by atoms with Gasteiger partial charge in [-0.05, 0) is 0 Å². The van der Waals surface area contributed by atoms with Crippen molar-refractivity contribution < 1.29 is 71.9 Å². The first-order chi connectivity index (χ1) is 10.4. The predicted octanol–water partition coefficient (Wildman–Crippen LogP) is -4.47. The van der Waals surface area contributed by atoms with Gasteiger partial charge in [-0.2, -0.15) is 0 Å². The summed E-state index contributed by atoms with van der Waals surface area (Å²) < 4.78 is 0. The smallest absolute Gasteiger partial charge is 0.852 e. The van der Waals surface area contributed by atoms with Crippen LogP contribution in [0.3, 0.4) is 0 Å². The Morgan fingerprint density at radius 2 is 0.308 bits per heavy atom. The van der Waals surface area contributed by atoms with Crippen LogP contribution in [-0.4, -0.2) is 36.6 Å². The van der Waals surface area contributed by atoms with Gasteiger partial charge in [0, 0.05) is 0 Å². The molecule has 0 spiro atoms. The zero-order chi connectivity index (χ0) is 21.5. The monoisotopic (exact) mass is 542 g/mol. The molecule has 0 radical (unpaired) electrons. The van der Waals surface area contributed by atoms with Crippen molar-refractivity contribution in [3.8, 4) is 0 Å². The maximum Gasteiger partial charge on any atom is 5.00 e. The molecule has 0 aromatic heterocycles. The first-order valence-corrected chi connectivity index (χ1v) is 8.34. The second-order valence-corrected chi connectivity index (χ2v) is 6.29. The van der Waals surface area contributed by atoms with E-state index in [1.54, 1.807) is 83.1 Å². The molecule has 6 nitrogen and oxygen atoms in total. The van der Waals surface area contributed by atoms with Gasteiger partial charge in [0.15, 0.2) is 0 Å². The summed E-state index contributed by atoms with van der Waals surface area (Å²) in [5.74, 6) is 0. The van der Waals surface area contributed by atoms with E-state index in [1.165, 1.54) is 0 Å². The van der Waals surface area contributed by atoms with Crippen molar-refractivity contribution in [1.82, 2.24) is 0 Å². The Bertz CT molecular complexity index is 107. The Hall–Kier alpha value is 1.10. The van der Waals surface area contributed by atoms with E-state index in [2.05, 4.69) is 0 Å². The molecule has 8 heteroatoms. The van der Waals surface area contributed by atoms with E-state index >= 15 is 0 Å². The standard InChI is InChI=1S/6C3H7O.Li.Ta/c6*1-3(2)4;;/h6*3H,1-2H3;;/q6*-1;+1;+5. The van der Waals surface area contributed by atoms with Crippen LogP contribution >= 0.6 is 0 Å². The van der Waals surface area contributed by atoms with E-state index in [-0.39, 0.29) is 41.2 Å². The minimum atomic E-state index is -0.417. The van der Waals surface area contributed by atoms with Gasteiger partial charge < -0.3 is 30.6 Å². The molecule has 0 fully saturated rings. The molecule has 0 amide bonds. The molecule has 0 saturated carbocycles. The van der Waals surface area contributed by atoms with E-state index in [4.69, 9.17) is 0 Å². The summed E-state index contributed by atoms with van der Waals surface area (Å²) in [5, 5.41) is 57.2. The van der Waals surface area contributed by atoms with Gasteiger partial charge in [-0.15, -0.1) is 36.6 Å². The summed E-state index contributed by atoms with van der Waals surface area (Å²) in [6, 6.07) is 0. The zero-order valence-electron chi connectivity index (χ0n) is 19.4. The number of hydrogen-bond donors (Lipinski definition) is 0. The van der Waals surface area contributed by atoms with Crippen LogP contribution < -0.4 is 49.5 Å². The van der Waals surface area contributed by atoms with Crippen LogP contribution in [0.5, 0.6) is 0 Å². The summed E-state index contributed by atoms with van der Waals surface area (Å²) in [6.45, 7) is 19.3. The molecule has 0 bridgehead atoms. The Morgan fingerprint density at radius 3 is 0.308 bits per heavy atom. The van der Waals surface area contributed by atoms with Gasteiger partial charge in [-0.25, -0.2) is 0 Å².